The minimum atomic E-state index is -0.553. The molecule has 0 radical (unpaired) electrons. The Kier molecular flexibility index (Phi) is 9.14. The smallest absolute Gasteiger partial charge is 0.410 e. The molecule has 11 nitrogen and oxygen atoms in total. The maximum absolute atomic E-state index is 13.0. The van der Waals surface area contributed by atoms with Crippen LogP contribution in [-0.4, -0.2) is 67.4 Å². The second kappa shape index (κ2) is 13.8. The predicted molar refractivity (Wildman–Crippen MR) is 208 cm³/mol. The van der Waals surface area contributed by atoms with Crippen molar-refractivity contribution in [2.24, 2.45) is 0 Å². The van der Waals surface area contributed by atoms with Gasteiger partial charge in [0.1, 0.15) is 28.6 Å². The molecule has 0 unspecified atom stereocenters. The summed E-state index contributed by atoms with van der Waals surface area (Å²) >= 11 is 0. The van der Waals surface area contributed by atoms with Crippen LogP contribution < -0.4 is 10.1 Å². The number of hydrogen-bond donors (Lipinski definition) is 3. The number of benzene rings is 3. The Morgan fingerprint density at radius 2 is 1.50 bits per heavy atom. The van der Waals surface area contributed by atoms with E-state index in [1.165, 1.54) is 0 Å². The van der Waals surface area contributed by atoms with Crippen molar-refractivity contribution in [3.8, 4) is 39.3 Å². The third-order valence-corrected chi connectivity index (χ3v) is 10.5. The summed E-state index contributed by atoms with van der Waals surface area (Å²) in [4.78, 5) is 44.4. The number of ether oxygens (including phenoxy) is 3. The van der Waals surface area contributed by atoms with Crippen LogP contribution in [0.3, 0.4) is 0 Å². The second-order valence-electron chi connectivity index (χ2n) is 16.8. The Labute approximate surface area is 316 Å². The maximum atomic E-state index is 13.0. The zero-order valence-electron chi connectivity index (χ0n) is 32.0. The Bertz CT molecular complexity index is 2190. The summed E-state index contributed by atoms with van der Waals surface area (Å²) in [6.07, 6.45) is 4.64. The van der Waals surface area contributed by atoms with Crippen LogP contribution in [-0.2, 0) is 15.9 Å². The van der Waals surface area contributed by atoms with Crippen LogP contribution in [0.1, 0.15) is 103 Å². The molecule has 54 heavy (non-hydrogen) atoms. The molecule has 1 saturated carbocycles. The third kappa shape index (κ3) is 7.41. The van der Waals surface area contributed by atoms with Gasteiger partial charge in [-0.2, -0.15) is 0 Å². The van der Waals surface area contributed by atoms with Crippen LogP contribution in [0, 0.1) is 0 Å². The fraction of sp³-hybridized carbons (Fsp3) is 0.442. The molecule has 1 aliphatic carbocycles. The van der Waals surface area contributed by atoms with Gasteiger partial charge in [-0.05, 0) is 114 Å². The van der Waals surface area contributed by atoms with E-state index in [0.717, 1.165) is 99.7 Å². The van der Waals surface area contributed by atoms with Gasteiger partial charge in [0.2, 0.25) is 0 Å². The largest absolute Gasteiger partial charge is 0.492 e. The minimum Gasteiger partial charge on any atom is -0.492 e. The molecule has 11 heteroatoms. The number of nitrogens with zero attached hydrogens (tertiary/aromatic N) is 3. The first-order chi connectivity index (χ1) is 25.8. The van der Waals surface area contributed by atoms with Crippen molar-refractivity contribution < 1.29 is 23.8 Å². The highest BCUT2D eigenvalue weighted by molar-refractivity contribution is 5.83. The van der Waals surface area contributed by atoms with Crippen molar-refractivity contribution in [1.29, 1.82) is 0 Å². The van der Waals surface area contributed by atoms with E-state index in [9.17, 15) is 9.59 Å². The molecule has 3 N–H and O–H groups in total. The number of imidazole rings is 2. The van der Waals surface area contributed by atoms with Gasteiger partial charge < -0.3 is 29.5 Å². The summed E-state index contributed by atoms with van der Waals surface area (Å²) in [5.41, 5.74) is 8.04. The molecule has 3 aliphatic rings. The van der Waals surface area contributed by atoms with E-state index in [0.29, 0.717) is 19.6 Å². The van der Waals surface area contributed by atoms with E-state index < -0.39 is 11.2 Å². The van der Waals surface area contributed by atoms with Gasteiger partial charge in [0.05, 0.1) is 35.1 Å². The monoisotopic (exact) mass is 730 g/mol. The van der Waals surface area contributed by atoms with Gasteiger partial charge in [-0.1, -0.05) is 42.8 Å². The van der Waals surface area contributed by atoms with Crippen molar-refractivity contribution in [3.05, 3.63) is 78.0 Å². The third-order valence-electron chi connectivity index (χ3n) is 10.5. The summed E-state index contributed by atoms with van der Waals surface area (Å²) in [6.45, 7) is 12.5. The standard InChI is InChI=1S/C43H50N6O5/c1-42(2,3)53-40(50)47-31-10-7-9-29(31)38-44-32-19-17-27(23-34(32)46-38)25-12-14-26(15-13-25)28-16-18-30-36(24-28)52-22-20-33-37(30)48-39(45-33)35-11-8-21-49(35)41(51)54-43(4,5)6/h12-19,23-24,29,31,35H,7-11,20-22H2,1-6H3,(H,44,46)(H,45,48)(H,47,50)/t29-,31-,35-/m0/s1. The highest BCUT2D eigenvalue weighted by Gasteiger charge is 2.36. The summed E-state index contributed by atoms with van der Waals surface area (Å²) < 4.78 is 17.5. The van der Waals surface area contributed by atoms with E-state index in [2.05, 4.69) is 75.9 Å². The number of H-pyrrole nitrogens is 2. The number of carbonyl (C=O) groups is 2. The maximum Gasteiger partial charge on any atom is 0.410 e. The number of nitrogens with one attached hydrogen (secondary N) is 3. The number of aromatic nitrogens is 4. The number of rotatable bonds is 5. The average molecular weight is 731 g/mol. The molecule has 3 aromatic carbocycles. The molecular weight excluding hydrogens is 681 g/mol. The quantitative estimate of drug-likeness (QED) is 0.164. The molecule has 1 saturated heterocycles. The molecule has 2 fully saturated rings. The van der Waals surface area contributed by atoms with Crippen LogP contribution in [0.15, 0.2) is 60.7 Å². The average Bonchev–Trinajstić information content (AvgIpc) is 3.92. The highest BCUT2D eigenvalue weighted by atomic mass is 16.6. The van der Waals surface area contributed by atoms with E-state index >= 15 is 0 Å². The van der Waals surface area contributed by atoms with Crippen LogP contribution in [0.5, 0.6) is 5.75 Å². The number of hydrogen-bond acceptors (Lipinski definition) is 7. The van der Waals surface area contributed by atoms with E-state index in [4.69, 9.17) is 24.2 Å². The van der Waals surface area contributed by atoms with Crippen LogP contribution in [0.25, 0.3) is 44.5 Å². The molecule has 0 bridgehead atoms. The molecule has 8 rings (SSSR count). The Morgan fingerprint density at radius 1 is 0.796 bits per heavy atom. The van der Waals surface area contributed by atoms with Gasteiger partial charge in [-0.25, -0.2) is 19.6 Å². The first-order valence-electron chi connectivity index (χ1n) is 19.2. The molecule has 3 atom stereocenters. The van der Waals surface area contributed by atoms with E-state index in [1.54, 1.807) is 4.90 Å². The van der Waals surface area contributed by atoms with Gasteiger partial charge in [-0.15, -0.1) is 0 Å². The molecule has 5 aromatic rings. The van der Waals surface area contributed by atoms with Gasteiger partial charge in [0, 0.05) is 30.5 Å². The first kappa shape index (κ1) is 35.7. The van der Waals surface area contributed by atoms with Crippen molar-refractivity contribution >= 4 is 23.2 Å². The molecule has 282 valence electrons. The van der Waals surface area contributed by atoms with Gasteiger partial charge in [-0.3, -0.25) is 4.90 Å². The molecular formula is C43H50N6O5. The summed E-state index contributed by atoms with van der Waals surface area (Å²) in [6, 6.07) is 21.1. The van der Waals surface area contributed by atoms with Gasteiger partial charge in [0.15, 0.2) is 0 Å². The highest BCUT2D eigenvalue weighted by Crippen LogP contribution is 2.41. The number of fused-ring (bicyclic) bond motifs is 4. The number of likely N-dealkylation sites (tertiary alicyclic amines) is 1. The summed E-state index contributed by atoms with van der Waals surface area (Å²) in [7, 11) is 0. The van der Waals surface area contributed by atoms with Crippen LogP contribution >= 0.6 is 0 Å². The van der Waals surface area contributed by atoms with Gasteiger partial charge >= 0.3 is 12.2 Å². The lowest BCUT2D eigenvalue weighted by atomic mass is 9.98. The van der Waals surface area contributed by atoms with E-state index in [-0.39, 0.29) is 30.2 Å². The minimum absolute atomic E-state index is 0.0153. The van der Waals surface area contributed by atoms with Crippen molar-refractivity contribution in [1.82, 2.24) is 30.2 Å². The van der Waals surface area contributed by atoms with Crippen LogP contribution in [0.4, 0.5) is 9.59 Å². The zero-order chi connectivity index (χ0) is 37.8. The number of alkyl carbamates (subject to hydrolysis) is 1. The Morgan fingerprint density at radius 3 is 2.24 bits per heavy atom. The topological polar surface area (TPSA) is 134 Å². The SMILES string of the molecule is CC(C)(C)OC(=O)N[C@H]1CCC[C@@H]1c1nc2ccc(-c3ccc(-c4ccc5c(c4)OCCc4nc([C@@H]6CCCN6C(=O)OC(C)(C)C)[nH]c4-5)cc3)cc2[nH]1. The zero-order valence-corrected chi connectivity index (χ0v) is 32.0. The molecule has 0 spiro atoms. The molecule has 2 aromatic heterocycles. The Hall–Kier alpha value is -5.32. The lowest BCUT2D eigenvalue weighted by Gasteiger charge is -2.27. The summed E-state index contributed by atoms with van der Waals surface area (Å²) in [5, 5.41) is 3.08. The lowest BCUT2D eigenvalue weighted by Crippen LogP contribution is -2.40. The molecule has 2 aliphatic heterocycles. The summed E-state index contributed by atoms with van der Waals surface area (Å²) in [5.74, 6) is 2.63. The first-order valence-corrected chi connectivity index (χ1v) is 19.2. The van der Waals surface area contributed by atoms with E-state index in [1.807, 2.05) is 41.5 Å². The number of aromatic amines is 2. The van der Waals surface area contributed by atoms with Crippen LogP contribution in [0.2, 0.25) is 0 Å². The number of amides is 2. The predicted octanol–water partition coefficient (Wildman–Crippen LogP) is 9.45. The molecule has 4 heterocycles. The normalized spacial score (nSPS) is 19.9. The fourth-order valence-electron chi connectivity index (χ4n) is 8.03. The molecule has 2 amide bonds. The van der Waals surface area contributed by atoms with Gasteiger partial charge in [0.25, 0.3) is 0 Å². The Balaban J connectivity index is 0.983. The lowest BCUT2D eigenvalue weighted by molar-refractivity contribution is 0.0218. The van der Waals surface area contributed by atoms with Crippen molar-refractivity contribution in [2.75, 3.05) is 13.2 Å². The van der Waals surface area contributed by atoms with Crippen molar-refractivity contribution in [3.63, 3.8) is 0 Å². The number of carbonyl (C=O) groups excluding carboxylic acids is 2. The van der Waals surface area contributed by atoms with Crippen molar-refractivity contribution in [2.45, 2.75) is 109 Å². The fourth-order valence-corrected chi connectivity index (χ4v) is 8.03. The second-order valence-corrected chi connectivity index (χ2v) is 16.8.